The smallest absolute Gasteiger partial charge is 0.240 e. The molecule has 1 aliphatic rings. The third-order valence-corrected chi connectivity index (χ3v) is 3.83. The normalized spacial score (nSPS) is 18.0. The molecule has 1 aliphatic heterocycles. The molecule has 0 bridgehead atoms. The summed E-state index contributed by atoms with van der Waals surface area (Å²) in [6.45, 7) is 2.90. The van der Waals surface area contributed by atoms with Crippen LogP contribution in [0.25, 0.3) is 0 Å². The highest BCUT2D eigenvalue weighted by atomic mass is 19.1. The largest absolute Gasteiger partial charge is 0.377 e. The van der Waals surface area contributed by atoms with Gasteiger partial charge in [0.2, 0.25) is 5.89 Å². The molecule has 6 nitrogen and oxygen atoms in total. The monoisotopic (exact) mass is 320 g/mol. The van der Waals surface area contributed by atoms with Gasteiger partial charge in [-0.05, 0) is 30.5 Å². The van der Waals surface area contributed by atoms with Crippen molar-refractivity contribution < 1.29 is 13.7 Å². The van der Waals surface area contributed by atoms with E-state index in [0.717, 1.165) is 31.6 Å². The van der Waals surface area contributed by atoms with Crippen molar-refractivity contribution in [3.63, 3.8) is 0 Å². The summed E-state index contributed by atoms with van der Waals surface area (Å²) in [6.07, 6.45) is 2.32. The van der Waals surface area contributed by atoms with Gasteiger partial charge in [-0.15, -0.1) is 0 Å². The van der Waals surface area contributed by atoms with Crippen molar-refractivity contribution >= 4 is 0 Å². The van der Waals surface area contributed by atoms with E-state index in [4.69, 9.17) is 15.0 Å². The first-order valence-electron chi connectivity index (χ1n) is 7.83. The van der Waals surface area contributed by atoms with Gasteiger partial charge in [0, 0.05) is 19.7 Å². The Morgan fingerprint density at radius 3 is 2.96 bits per heavy atom. The van der Waals surface area contributed by atoms with Gasteiger partial charge < -0.3 is 15.0 Å². The Labute approximate surface area is 134 Å². The van der Waals surface area contributed by atoms with Crippen molar-refractivity contribution in [2.45, 2.75) is 38.6 Å². The zero-order chi connectivity index (χ0) is 16.1. The van der Waals surface area contributed by atoms with Gasteiger partial charge >= 0.3 is 0 Å². The third kappa shape index (κ3) is 4.57. The lowest BCUT2D eigenvalue weighted by atomic mass is 10.1. The first-order chi connectivity index (χ1) is 11.2. The maximum absolute atomic E-state index is 13.4. The molecule has 1 unspecified atom stereocenters. The fourth-order valence-corrected chi connectivity index (χ4v) is 2.79. The summed E-state index contributed by atoms with van der Waals surface area (Å²) in [6, 6.07) is 6.62. The molecule has 0 aliphatic carbocycles. The SMILES string of the molecule is NCc1nc(CN(Cc2cccc(F)c2)CC2CCCO2)no1. The average molecular weight is 320 g/mol. The first kappa shape index (κ1) is 16.0. The van der Waals surface area contributed by atoms with E-state index >= 15 is 0 Å². The van der Waals surface area contributed by atoms with Crippen LogP contribution in [0.1, 0.15) is 30.1 Å². The number of hydrogen-bond acceptors (Lipinski definition) is 6. The average Bonchev–Trinajstić information content (AvgIpc) is 3.19. The van der Waals surface area contributed by atoms with Gasteiger partial charge in [0.1, 0.15) is 5.82 Å². The lowest BCUT2D eigenvalue weighted by molar-refractivity contribution is 0.0667. The number of hydrogen-bond donors (Lipinski definition) is 1. The highest BCUT2D eigenvalue weighted by Gasteiger charge is 2.21. The molecule has 2 aromatic rings. The van der Waals surface area contributed by atoms with Crippen LogP contribution in [0.15, 0.2) is 28.8 Å². The van der Waals surface area contributed by atoms with Crippen molar-refractivity contribution in [3.8, 4) is 0 Å². The highest BCUT2D eigenvalue weighted by molar-refractivity contribution is 5.16. The molecule has 1 atom stereocenters. The van der Waals surface area contributed by atoms with Gasteiger partial charge in [-0.3, -0.25) is 4.90 Å². The van der Waals surface area contributed by atoms with Crippen LogP contribution in [0.4, 0.5) is 4.39 Å². The summed E-state index contributed by atoms with van der Waals surface area (Å²) < 4.78 is 24.2. The summed E-state index contributed by atoms with van der Waals surface area (Å²) in [5, 5.41) is 3.94. The van der Waals surface area contributed by atoms with E-state index < -0.39 is 0 Å². The second-order valence-electron chi connectivity index (χ2n) is 5.74. The van der Waals surface area contributed by atoms with Gasteiger partial charge in [0.05, 0.1) is 19.2 Å². The molecule has 23 heavy (non-hydrogen) atoms. The Bertz CT molecular complexity index is 628. The topological polar surface area (TPSA) is 77.4 Å². The first-order valence-corrected chi connectivity index (χ1v) is 7.83. The van der Waals surface area contributed by atoms with Crippen LogP contribution in [-0.2, 0) is 24.4 Å². The Hall–Kier alpha value is -1.83. The molecule has 2 N–H and O–H groups in total. The molecule has 2 heterocycles. The van der Waals surface area contributed by atoms with Crippen LogP contribution in [0.5, 0.6) is 0 Å². The van der Waals surface area contributed by atoms with Crippen LogP contribution < -0.4 is 5.73 Å². The maximum atomic E-state index is 13.4. The van der Waals surface area contributed by atoms with Crippen LogP contribution in [-0.4, -0.2) is 34.3 Å². The number of ether oxygens (including phenoxy) is 1. The van der Waals surface area contributed by atoms with E-state index in [0.29, 0.717) is 24.8 Å². The molecule has 1 aromatic carbocycles. The molecule has 3 rings (SSSR count). The minimum absolute atomic E-state index is 0.199. The summed E-state index contributed by atoms with van der Waals surface area (Å²) in [7, 11) is 0. The van der Waals surface area contributed by atoms with E-state index in [-0.39, 0.29) is 18.5 Å². The standard InChI is InChI=1S/C16H21FN4O2/c17-13-4-1-3-12(7-13)9-21(10-14-5-2-6-22-14)11-15-19-16(8-18)23-20-15/h1,3-4,7,14H,2,5-6,8-11,18H2. The third-order valence-electron chi connectivity index (χ3n) is 3.83. The molecular weight excluding hydrogens is 299 g/mol. The Morgan fingerprint density at radius 1 is 1.35 bits per heavy atom. The molecule has 1 aromatic heterocycles. The molecule has 124 valence electrons. The molecular formula is C16H21FN4O2. The van der Waals surface area contributed by atoms with Crippen molar-refractivity contribution in [1.29, 1.82) is 0 Å². The number of benzene rings is 1. The zero-order valence-corrected chi connectivity index (χ0v) is 12.9. The predicted octanol–water partition coefficient (Wildman–Crippen LogP) is 1.85. The fourth-order valence-electron chi connectivity index (χ4n) is 2.79. The van der Waals surface area contributed by atoms with Crippen molar-refractivity contribution in [2.24, 2.45) is 5.73 Å². The number of halogens is 1. The second kappa shape index (κ2) is 7.63. The molecule has 0 saturated carbocycles. The van der Waals surface area contributed by atoms with Gasteiger partial charge in [0.25, 0.3) is 0 Å². The van der Waals surface area contributed by atoms with Gasteiger partial charge in [-0.1, -0.05) is 17.3 Å². The Morgan fingerprint density at radius 2 is 2.26 bits per heavy atom. The number of nitrogens with zero attached hydrogens (tertiary/aromatic N) is 3. The van der Waals surface area contributed by atoms with E-state index in [2.05, 4.69) is 15.0 Å². The van der Waals surface area contributed by atoms with E-state index in [1.807, 2.05) is 6.07 Å². The lowest BCUT2D eigenvalue weighted by Gasteiger charge is -2.24. The van der Waals surface area contributed by atoms with E-state index in [1.165, 1.54) is 6.07 Å². The fraction of sp³-hybridized carbons (Fsp3) is 0.500. The molecule has 7 heteroatoms. The number of aromatic nitrogens is 2. The molecule has 0 spiro atoms. The maximum Gasteiger partial charge on any atom is 0.240 e. The van der Waals surface area contributed by atoms with E-state index in [1.54, 1.807) is 12.1 Å². The molecule has 1 fully saturated rings. The van der Waals surface area contributed by atoms with Crippen LogP contribution in [0.3, 0.4) is 0 Å². The highest BCUT2D eigenvalue weighted by Crippen LogP contribution is 2.17. The second-order valence-corrected chi connectivity index (χ2v) is 5.74. The van der Waals surface area contributed by atoms with Crippen LogP contribution in [0.2, 0.25) is 0 Å². The quantitative estimate of drug-likeness (QED) is 0.839. The van der Waals surface area contributed by atoms with Crippen molar-refractivity contribution in [3.05, 3.63) is 47.4 Å². The predicted molar refractivity (Wildman–Crippen MR) is 81.7 cm³/mol. The lowest BCUT2D eigenvalue weighted by Crippen LogP contribution is -2.31. The molecule has 1 saturated heterocycles. The van der Waals surface area contributed by atoms with Crippen molar-refractivity contribution in [2.75, 3.05) is 13.2 Å². The molecule has 0 amide bonds. The summed E-state index contributed by atoms with van der Waals surface area (Å²) in [5.74, 6) is 0.771. The van der Waals surface area contributed by atoms with E-state index in [9.17, 15) is 4.39 Å². The van der Waals surface area contributed by atoms with Crippen LogP contribution in [0, 0.1) is 5.82 Å². The summed E-state index contributed by atoms with van der Waals surface area (Å²) in [5.41, 5.74) is 6.40. The van der Waals surface area contributed by atoms with Gasteiger partial charge in [-0.2, -0.15) is 4.98 Å². The minimum atomic E-state index is -0.232. The number of nitrogens with two attached hydrogens (primary N) is 1. The van der Waals surface area contributed by atoms with Crippen molar-refractivity contribution in [1.82, 2.24) is 15.0 Å². The zero-order valence-electron chi connectivity index (χ0n) is 12.9. The van der Waals surface area contributed by atoms with Crippen LogP contribution >= 0.6 is 0 Å². The Kier molecular flexibility index (Phi) is 5.32. The van der Waals surface area contributed by atoms with Gasteiger partial charge in [0.15, 0.2) is 5.82 Å². The minimum Gasteiger partial charge on any atom is -0.377 e. The van der Waals surface area contributed by atoms with Gasteiger partial charge in [-0.25, -0.2) is 4.39 Å². The summed E-state index contributed by atoms with van der Waals surface area (Å²) in [4.78, 5) is 6.39. The number of rotatable bonds is 7. The Balaban J connectivity index is 1.69. The summed E-state index contributed by atoms with van der Waals surface area (Å²) >= 11 is 0. The molecule has 0 radical (unpaired) electrons.